The Hall–Kier alpha value is -1.55. The van der Waals surface area contributed by atoms with Crippen LogP contribution in [0.15, 0.2) is 12.1 Å². The first kappa shape index (κ1) is 14.5. The smallest absolute Gasteiger partial charge is 0.230 e. The van der Waals surface area contributed by atoms with Crippen LogP contribution in [0.5, 0.6) is 11.5 Å². The number of phenolic OH excluding ortho intramolecular Hbond substituents is 2. The fourth-order valence-electron chi connectivity index (χ4n) is 1.44. The normalized spacial score (nSPS) is 11.3. The second kappa shape index (κ2) is 4.98. The highest BCUT2D eigenvalue weighted by Gasteiger charge is 2.25. The lowest BCUT2D eigenvalue weighted by Gasteiger charge is -2.16. The summed E-state index contributed by atoms with van der Waals surface area (Å²) in [7, 11) is 0. The minimum Gasteiger partial charge on any atom is -0.504 e. The number of halogens is 1. The van der Waals surface area contributed by atoms with E-state index in [1.54, 1.807) is 0 Å². The number of hydrogen-bond acceptors (Lipinski definition) is 4. The van der Waals surface area contributed by atoms with Crippen LogP contribution in [-0.2, 0) is 4.79 Å². The Balaban J connectivity index is 3.05. The highest BCUT2D eigenvalue weighted by Crippen LogP contribution is 2.32. The molecular formula is C13H15ClO4. The number of phenols is 2. The average Bonchev–Trinajstić information content (AvgIpc) is 2.20. The molecule has 0 atom stereocenters. The molecule has 0 saturated carbocycles. The van der Waals surface area contributed by atoms with Gasteiger partial charge in [0.15, 0.2) is 11.5 Å². The summed E-state index contributed by atoms with van der Waals surface area (Å²) in [4.78, 5) is 23.6. The minimum atomic E-state index is -0.759. The molecule has 0 heterocycles. The number of ketones is 2. The van der Waals surface area contributed by atoms with Crippen LogP contribution < -0.4 is 0 Å². The zero-order chi connectivity index (χ0) is 14.1. The molecule has 0 amide bonds. The Bertz CT molecular complexity index is 500. The Labute approximate surface area is 110 Å². The summed E-state index contributed by atoms with van der Waals surface area (Å²) < 4.78 is 0. The maximum atomic E-state index is 11.9. The van der Waals surface area contributed by atoms with Gasteiger partial charge in [-0.25, -0.2) is 0 Å². The number of rotatable bonds is 3. The SMILES string of the molecule is CC(C)(C)CC(=O)C(=O)c1cc(O)c(O)cc1Cl. The molecule has 0 aliphatic rings. The minimum absolute atomic E-state index is 0.0578. The number of carbonyl (C=O) groups is 2. The average molecular weight is 271 g/mol. The molecular weight excluding hydrogens is 256 g/mol. The molecule has 4 nitrogen and oxygen atoms in total. The zero-order valence-electron chi connectivity index (χ0n) is 10.5. The monoisotopic (exact) mass is 270 g/mol. The van der Waals surface area contributed by atoms with E-state index in [-0.39, 0.29) is 22.4 Å². The first-order chi connectivity index (χ1) is 8.11. The summed E-state index contributed by atoms with van der Waals surface area (Å²) in [6, 6.07) is 2.04. The third kappa shape index (κ3) is 3.47. The van der Waals surface area contributed by atoms with Crippen molar-refractivity contribution < 1.29 is 19.8 Å². The summed E-state index contributed by atoms with van der Waals surface area (Å²) in [5.41, 5.74) is -0.403. The van der Waals surface area contributed by atoms with Crippen LogP contribution in [0, 0.1) is 5.41 Å². The van der Waals surface area contributed by atoms with E-state index in [9.17, 15) is 19.8 Å². The number of hydrogen-bond donors (Lipinski definition) is 2. The fourth-order valence-corrected chi connectivity index (χ4v) is 1.68. The van der Waals surface area contributed by atoms with Gasteiger partial charge < -0.3 is 10.2 Å². The van der Waals surface area contributed by atoms with E-state index in [0.29, 0.717) is 0 Å². The van der Waals surface area contributed by atoms with Crippen molar-refractivity contribution in [3.05, 3.63) is 22.7 Å². The van der Waals surface area contributed by atoms with Crippen LogP contribution in [-0.4, -0.2) is 21.8 Å². The van der Waals surface area contributed by atoms with Gasteiger partial charge in [-0.2, -0.15) is 0 Å². The molecule has 0 spiro atoms. The summed E-state index contributed by atoms with van der Waals surface area (Å²) in [6.07, 6.45) is 0.0871. The molecule has 1 aromatic carbocycles. The van der Waals surface area contributed by atoms with E-state index in [0.717, 1.165) is 12.1 Å². The summed E-state index contributed by atoms with van der Waals surface area (Å²) in [6.45, 7) is 5.52. The van der Waals surface area contributed by atoms with Gasteiger partial charge in [-0.1, -0.05) is 32.4 Å². The van der Waals surface area contributed by atoms with E-state index in [1.165, 1.54) is 0 Å². The van der Waals surface area contributed by atoms with E-state index in [2.05, 4.69) is 0 Å². The molecule has 1 rings (SSSR count). The lowest BCUT2D eigenvalue weighted by molar-refractivity contribution is -0.116. The number of carbonyl (C=O) groups excluding carboxylic acids is 2. The van der Waals surface area contributed by atoms with Crippen molar-refractivity contribution in [2.24, 2.45) is 5.41 Å². The third-order valence-corrected chi connectivity index (χ3v) is 2.57. The maximum Gasteiger partial charge on any atom is 0.230 e. The van der Waals surface area contributed by atoms with Gasteiger partial charge in [0.2, 0.25) is 11.6 Å². The van der Waals surface area contributed by atoms with Crippen LogP contribution in [0.1, 0.15) is 37.6 Å². The molecule has 0 bridgehead atoms. The molecule has 18 heavy (non-hydrogen) atoms. The van der Waals surface area contributed by atoms with Crippen molar-refractivity contribution in [1.82, 2.24) is 0 Å². The van der Waals surface area contributed by atoms with Crippen molar-refractivity contribution in [2.75, 3.05) is 0 Å². The first-order valence-electron chi connectivity index (χ1n) is 5.41. The van der Waals surface area contributed by atoms with E-state index in [1.807, 2.05) is 20.8 Å². The molecule has 1 aromatic rings. The van der Waals surface area contributed by atoms with Crippen LogP contribution in [0.4, 0.5) is 0 Å². The van der Waals surface area contributed by atoms with Crippen molar-refractivity contribution in [3.8, 4) is 11.5 Å². The van der Waals surface area contributed by atoms with Crippen molar-refractivity contribution in [3.63, 3.8) is 0 Å². The number of benzene rings is 1. The number of Topliss-reactive ketones (excluding diaryl/α,β-unsaturated/α-hetero) is 2. The van der Waals surface area contributed by atoms with Gasteiger partial charge in [-0.05, 0) is 11.5 Å². The highest BCUT2D eigenvalue weighted by atomic mass is 35.5. The molecule has 0 aliphatic heterocycles. The van der Waals surface area contributed by atoms with E-state index >= 15 is 0 Å². The topological polar surface area (TPSA) is 74.6 Å². The van der Waals surface area contributed by atoms with Crippen LogP contribution in [0.3, 0.4) is 0 Å². The molecule has 0 radical (unpaired) electrons. The molecule has 0 fully saturated rings. The maximum absolute atomic E-state index is 11.9. The second-order valence-corrected chi connectivity index (χ2v) is 5.72. The summed E-state index contributed by atoms with van der Waals surface area (Å²) in [5, 5.41) is 18.5. The lowest BCUT2D eigenvalue weighted by Crippen LogP contribution is -2.21. The molecule has 0 unspecified atom stereocenters. The standard InChI is InChI=1S/C13H15ClO4/c1-13(2,3)6-11(17)12(18)7-4-9(15)10(16)5-8(7)14/h4-5,15-16H,6H2,1-3H3. The first-order valence-corrected chi connectivity index (χ1v) is 5.78. The van der Waals surface area contributed by atoms with E-state index < -0.39 is 23.1 Å². The predicted octanol–water partition coefficient (Wildman–Crippen LogP) is 2.94. The fraction of sp³-hybridized carbons (Fsp3) is 0.385. The molecule has 2 N–H and O–H groups in total. The van der Waals surface area contributed by atoms with Crippen molar-refractivity contribution >= 4 is 23.2 Å². The predicted molar refractivity (Wildman–Crippen MR) is 68.2 cm³/mol. The Kier molecular flexibility index (Phi) is 4.02. The lowest BCUT2D eigenvalue weighted by atomic mass is 9.87. The van der Waals surface area contributed by atoms with Gasteiger partial charge in [0.25, 0.3) is 0 Å². The van der Waals surface area contributed by atoms with Gasteiger partial charge >= 0.3 is 0 Å². The third-order valence-electron chi connectivity index (χ3n) is 2.25. The Morgan fingerprint density at radius 2 is 1.67 bits per heavy atom. The van der Waals surface area contributed by atoms with Crippen molar-refractivity contribution in [1.29, 1.82) is 0 Å². The van der Waals surface area contributed by atoms with Crippen LogP contribution in [0.25, 0.3) is 0 Å². The van der Waals surface area contributed by atoms with Gasteiger partial charge in [-0.15, -0.1) is 0 Å². The zero-order valence-corrected chi connectivity index (χ0v) is 11.2. The Morgan fingerprint density at radius 3 is 2.17 bits per heavy atom. The molecule has 98 valence electrons. The van der Waals surface area contributed by atoms with Gasteiger partial charge in [0, 0.05) is 18.1 Å². The van der Waals surface area contributed by atoms with Gasteiger partial charge in [0.1, 0.15) is 0 Å². The van der Waals surface area contributed by atoms with Gasteiger partial charge in [0.05, 0.1) is 5.02 Å². The summed E-state index contributed by atoms with van der Waals surface area (Å²) >= 11 is 5.77. The quantitative estimate of drug-likeness (QED) is 0.503. The number of aromatic hydroxyl groups is 2. The van der Waals surface area contributed by atoms with Gasteiger partial charge in [-0.3, -0.25) is 9.59 Å². The largest absolute Gasteiger partial charge is 0.504 e. The highest BCUT2D eigenvalue weighted by molar-refractivity contribution is 6.47. The second-order valence-electron chi connectivity index (χ2n) is 5.31. The van der Waals surface area contributed by atoms with Crippen LogP contribution >= 0.6 is 11.6 Å². The summed E-state index contributed by atoms with van der Waals surface area (Å²) in [5.74, 6) is -2.24. The molecule has 5 heteroatoms. The van der Waals surface area contributed by atoms with Crippen LogP contribution in [0.2, 0.25) is 5.02 Å². The van der Waals surface area contributed by atoms with Crippen molar-refractivity contribution in [2.45, 2.75) is 27.2 Å². The molecule has 0 saturated heterocycles. The Morgan fingerprint density at radius 1 is 1.17 bits per heavy atom. The molecule has 0 aliphatic carbocycles. The molecule has 0 aromatic heterocycles. The van der Waals surface area contributed by atoms with E-state index in [4.69, 9.17) is 11.6 Å².